The normalized spacial score (nSPS) is 11.4. The summed E-state index contributed by atoms with van der Waals surface area (Å²) in [4.78, 5) is 11.4. The summed E-state index contributed by atoms with van der Waals surface area (Å²) in [6, 6.07) is 0. The van der Waals surface area contributed by atoms with Crippen LogP contribution in [0.25, 0.3) is 0 Å². The number of carbonyl (C=O) groups excluding carboxylic acids is 1. The zero-order valence-electron chi connectivity index (χ0n) is 9.60. The van der Waals surface area contributed by atoms with E-state index in [0.717, 1.165) is 12.8 Å². The number of nitrogens with one attached hydrogen (secondary N) is 1. The van der Waals surface area contributed by atoms with Crippen molar-refractivity contribution >= 4 is 5.91 Å². The first kappa shape index (κ1) is 13.4. The van der Waals surface area contributed by atoms with E-state index in [1.165, 1.54) is 12.8 Å². The zero-order chi connectivity index (χ0) is 11.0. The number of hydrogen-bond acceptors (Lipinski definition) is 2. The summed E-state index contributed by atoms with van der Waals surface area (Å²) in [5, 5.41) is 11.7. The van der Waals surface area contributed by atoms with Crippen LogP contribution >= 0.6 is 0 Å². The van der Waals surface area contributed by atoms with Crippen LogP contribution in [0.1, 0.15) is 52.9 Å². The van der Waals surface area contributed by atoms with Crippen LogP contribution in [-0.4, -0.2) is 23.2 Å². The number of amides is 1. The molecular formula is C11H23NO2. The number of rotatable bonds is 7. The summed E-state index contributed by atoms with van der Waals surface area (Å²) in [5.74, 6) is 0.0418. The Morgan fingerprint density at radius 1 is 1.29 bits per heavy atom. The molecule has 3 nitrogen and oxygen atoms in total. The second kappa shape index (κ2) is 6.82. The Balaban J connectivity index is 3.55. The summed E-state index contributed by atoms with van der Waals surface area (Å²) in [7, 11) is 0. The standard InChI is InChI=1S/C11H23NO2/c1-4-5-6-7-8-10(14)12-11(2,3)9-13/h13H,4-9H2,1-3H3,(H,12,14). The van der Waals surface area contributed by atoms with Crippen molar-refractivity contribution in [3.8, 4) is 0 Å². The topological polar surface area (TPSA) is 49.3 Å². The van der Waals surface area contributed by atoms with Gasteiger partial charge in [0.2, 0.25) is 5.91 Å². The molecule has 0 heterocycles. The maximum atomic E-state index is 11.4. The Kier molecular flexibility index (Phi) is 6.54. The second-order valence-corrected chi connectivity index (χ2v) is 4.40. The van der Waals surface area contributed by atoms with E-state index in [1.807, 2.05) is 13.8 Å². The van der Waals surface area contributed by atoms with E-state index in [1.54, 1.807) is 0 Å². The molecule has 3 heteroatoms. The van der Waals surface area contributed by atoms with Crippen LogP contribution in [0, 0.1) is 0 Å². The monoisotopic (exact) mass is 201 g/mol. The van der Waals surface area contributed by atoms with Gasteiger partial charge in [-0.15, -0.1) is 0 Å². The molecule has 0 saturated heterocycles. The summed E-state index contributed by atoms with van der Waals surface area (Å²) in [5.41, 5.74) is -0.484. The Morgan fingerprint density at radius 2 is 1.93 bits per heavy atom. The number of aliphatic hydroxyl groups is 1. The third-order valence-corrected chi connectivity index (χ3v) is 2.13. The minimum Gasteiger partial charge on any atom is -0.394 e. The summed E-state index contributed by atoms with van der Waals surface area (Å²) >= 11 is 0. The van der Waals surface area contributed by atoms with Gasteiger partial charge in [-0.2, -0.15) is 0 Å². The SMILES string of the molecule is CCCCCCC(=O)NC(C)(C)CO. The van der Waals surface area contributed by atoms with Gasteiger partial charge in [0, 0.05) is 6.42 Å². The third-order valence-electron chi connectivity index (χ3n) is 2.13. The fraction of sp³-hybridized carbons (Fsp3) is 0.909. The highest BCUT2D eigenvalue weighted by atomic mass is 16.3. The maximum Gasteiger partial charge on any atom is 0.220 e. The maximum absolute atomic E-state index is 11.4. The number of hydrogen-bond donors (Lipinski definition) is 2. The van der Waals surface area contributed by atoms with Crippen LogP contribution < -0.4 is 5.32 Å². The van der Waals surface area contributed by atoms with Gasteiger partial charge in [-0.3, -0.25) is 4.79 Å². The van der Waals surface area contributed by atoms with Crippen molar-refractivity contribution < 1.29 is 9.90 Å². The van der Waals surface area contributed by atoms with Gasteiger partial charge < -0.3 is 10.4 Å². The molecule has 0 radical (unpaired) electrons. The molecule has 0 saturated carbocycles. The Morgan fingerprint density at radius 3 is 2.43 bits per heavy atom. The quantitative estimate of drug-likeness (QED) is 0.617. The van der Waals surface area contributed by atoms with Crippen molar-refractivity contribution in [1.82, 2.24) is 5.32 Å². The first-order valence-electron chi connectivity index (χ1n) is 5.43. The molecule has 0 aromatic rings. The van der Waals surface area contributed by atoms with E-state index >= 15 is 0 Å². The molecule has 1 amide bonds. The van der Waals surface area contributed by atoms with E-state index in [0.29, 0.717) is 6.42 Å². The lowest BCUT2D eigenvalue weighted by Crippen LogP contribution is -2.46. The van der Waals surface area contributed by atoms with Gasteiger partial charge in [-0.1, -0.05) is 26.2 Å². The summed E-state index contributed by atoms with van der Waals surface area (Å²) in [6.45, 7) is 5.76. The summed E-state index contributed by atoms with van der Waals surface area (Å²) < 4.78 is 0. The van der Waals surface area contributed by atoms with Gasteiger partial charge in [-0.05, 0) is 20.3 Å². The van der Waals surface area contributed by atoms with Crippen molar-refractivity contribution in [2.75, 3.05) is 6.61 Å². The van der Waals surface area contributed by atoms with E-state index in [4.69, 9.17) is 5.11 Å². The molecule has 0 aliphatic heterocycles. The number of unbranched alkanes of at least 4 members (excludes halogenated alkanes) is 3. The molecule has 0 aliphatic carbocycles. The van der Waals surface area contributed by atoms with Crippen molar-refractivity contribution in [3.05, 3.63) is 0 Å². The Bertz CT molecular complexity index is 167. The zero-order valence-corrected chi connectivity index (χ0v) is 9.60. The smallest absolute Gasteiger partial charge is 0.220 e. The summed E-state index contributed by atoms with van der Waals surface area (Å²) in [6.07, 6.45) is 5.01. The highest BCUT2D eigenvalue weighted by molar-refractivity contribution is 5.76. The van der Waals surface area contributed by atoms with Crippen LogP contribution in [-0.2, 0) is 4.79 Å². The molecule has 0 atom stereocenters. The first-order chi connectivity index (χ1) is 6.52. The molecule has 0 spiro atoms. The molecule has 0 fully saturated rings. The van der Waals surface area contributed by atoms with Gasteiger partial charge in [0.05, 0.1) is 12.1 Å². The average molecular weight is 201 g/mol. The third kappa shape index (κ3) is 6.89. The van der Waals surface area contributed by atoms with E-state index in [9.17, 15) is 4.79 Å². The van der Waals surface area contributed by atoms with Crippen LogP contribution in [0.3, 0.4) is 0 Å². The Labute approximate surface area is 86.9 Å². The lowest BCUT2D eigenvalue weighted by atomic mass is 10.1. The molecule has 84 valence electrons. The fourth-order valence-corrected chi connectivity index (χ4v) is 1.19. The molecule has 0 unspecified atom stereocenters. The minimum atomic E-state index is -0.484. The van der Waals surface area contributed by atoms with E-state index in [2.05, 4.69) is 12.2 Å². The van der Waals surface area contributed by atoms with Crippen LogP contribution in [0.5, 0.6) is 0 Å². The van der Waals surface area contributed by atoms with Gasteiger partial charge >= 0.3 is 0 Å². The predicted octanol–water partition coefficient (Wildman–Crippen LogP) is 1.84. The molecule has 0 aliphatic rings. The van der Waals surface area contributed by atoms with E-state index < -0.39 is 5.54 Å². The average Bonchev–Trinajstić information content (AvgIpc) is 2.12. The predicted molar refractivity (Wildman–Crippen MR) is 58.1 cm³/mol. The molecule has 0 aromatic heterocycles. The van der Waals surface area contributed by atoms with Crippen LogP contribution in [0.2, 0.25) is 0 Å². The van der Waals surface area contributed by atoms with Crippen molar-refractivity contribution in [1.29, 1.82) is 0 Å². The molecule has 2 N–H and O–H groups in total. The first-order valence-corrected chi connectivity index (χ1v) is 5.43. The molecule has 0 rings (SSSR count). The highest BCUT2D eigenvalue weighted by Gasteiger charge is 2.18. The van der Waals surface area contributed by atoms with Crippen molar-refractivity contribution in [3.63, 3.8) is 0 Å². The lowest BCUT2D eigenvalue weighted by molar-refractivity contribution is -0.123. The van der Waals surface area contributed by atoms with Crippen LogP contribution in [0.15, 0.2) is 0 Å². The number of aliphatic hydroxyl groups excluding tert-OH is 1. The molecule has 0 bridgehead atoms. The minimum absolute atomic E-state index is 0.0201. The van der Waals surface area contributed by atoms with Gasteiger partial charge in [0.1, 0.15) is 0 Å². The highest BCUT2D eigenvalue weighted by Crippen LogP contribution is 2.05. The molecule has 14 heavy (non-hydrogen) atoms. The largest absolute Gasteiger partial charge is 0.394 e. The van der Waals surface area contributed by atoms with Crippen molar-refractivity contribution in [2.24, 2.45) is 0 Å². The van der Waals surface area contributed by atoms with Crippen molar-refractivity contribution in [2.45, 2.75) is 58.4 Å². The molecule has 0 aromatic carbocycles. The van der Waals surface area contributed by atoms with Crippen LogP contribution in [0.4, 0.5) is 0 Å². The lowest BCUT2D eigenvalue weighted by Gasteiger charge is -2.23. The second-order valence-electron chi connectivity index (χ2n) is 4.40. The fourth-order valence-electron chi connectivity index (χ4n) is 1.19. The van der Waals surface area contributed by atoms with Gasteiger partial charge in [0.15, 0.2) is 0 Å². The molecular weight excluding hydrogens is 178 g/mol. The van der Waals surface area contributed by atoms with Gasteiger partial charge in [-0.25, -0.2) is 0 Å². The van der Waals surface area contributed by atoms with E-state index in [-0.39, 0.29) is 12.5 Å². The number of carbonyl (C=O) groups is 1. The Hall–Kier alpha value is -0.570. The van der Waals surface area contributed by atoms with Gasteiger partial charge in [0.25, 0.3) is 0 Å².